The predicted molar refractivity (Wildman–Crippen MR) is 81.4 cm³/mol. The Kier molecular flexibility index (Phi) is 4.81. The Hall–Kier alpha value is -0.0800. The Morgan fingerprint density at radius 3 is 2.58 bits per heavy atom. The van der Waals surface area contributed by atoms with Gasteiger partial charge in [0.1, 0.15) is 0 Å². The first kappa shape index (κ1) is 13.9. The molecule has 2 nitrogen and oxygen atoms in total. The van der Waals surface area contributed by atoms with Crippen LogP contribution in [0.4, 0.5) is 0 Å². The zero-order chi connectivity index (χ0) is 13.1. The van der Waals surface area contributed by atoms with Crippen molar-refractivity contribution in [1.29, 1.82) is 0 Å². The summed E-state index contributed by atoms with van der Waals surface area (Å²) in [5.41, 5.74) is 0. The molecule has 0 aromatic rings. The smallest absolute Gasteiger partial charge is 0.0139 e. The topological polar surface area (TPSA) is 15.3 Å². The Bertz CT molecular complexity index is 272. The number of rotatable bonds is 3. The molecule has 2 heterocycles. The minimum Gasteiger partial charge on any atom is -0.316 e. The zero-order valence-electron chi connectivity index (χ0n) is 12.7. The standard InChI is InChI=1S/C17H32N2/c1-2-14-7-3-4-9-16(14)19-12-6-10-17(19)15-8-5-11-18-13-15/h14-18H,2-13H2,1H3. The molecule has 110 valence electrons. The monoisotopic (exact) mass is 264 g/mol. The van der Waals surface area contributed by atoms with Gasteiger partial charge in [-0.25, -0.2) is 0 Å². The van der Waals surface area contributed by atoms with Crippen molar-refractivity contribution >= 4 is 0 Å². The van der Waals surface area contributed by atoms with Gasteiger partial charge >= 0.3 is 0 Å². The largest absolute Gasteiger partial charge is 0.316 e. The lowest BCUT2D eigenvalue weighted by atomic mass is 9.80. The molecule has 2 heteroatoms. The Morgan fingerprint density at radius 1 is 0.947 bits per heavy atom. The highest BCUT2D eigenvalue weighted by atomic mass is 15.2. The molecular formula is C17H32N2. The van der Waals surface area contributed by atoms with Gasteiger partial charge in [-0.3, -0.25) is 4.90 Å². The summed E-state index contributed by atoms with van der Waals surface area (Å²) in [6.07, 6.45) is 13.1. The van der Waals surface area contributed by atoms with E-state index >= 15 is 0 Å². The van der Waals surface area contributed by atoms with Crippen LogP contribution in [0.5, 0.6) is 0 Å². The number of hydrogen-bond donors (Lipinski definition) is 1. The highest BCUT2D eigenvalue weighted by molar-refractivity contribution is 4.94. The molecule has 4 atom stereocenters. The number of hydrogen-bond acceptors (Lipinski definition) is 2. The van der Waals surface area contributed by atoms with E-state index in [2.05, 4.69) is 17.1 Å². The van der Waals surface area contributed by atoms with Crippen LogP contribution in [-0.2, 0) is 0 Å². The summed E-state index contributed by atoms with van der Waals surface area (Å²) in [6.45, 7) is 6.34. The van der Waals surface area contributed by atoms with E-state index in [-0.39, 0.29) is 0 Å². The van der Waals surface area contributed by atoms with Crippen molar-refractivity contribution in [3.8, 4) is 0 Å². The van der Waals surface area contributed by atoms with E-state index in [0.29, 0.717) is 0 Å². The maximum Gasteiger partial charge on any atom is 0.0139 e. The van der Waals surface area contributed by atoms with E-state index in [1.54, 1.807) is 0 Å². The Morgan fingerprint density at radius 2 is 1.79 bits per heavy atom. The van der Waals surface area contributed by atoms with Crippen molar-refractivity contribution < 1.29 is 0 Å². The third-order valence-electron chi connectivity index (χ3n) is 6.04. The van der Waals surface area contributed by atoms with Crippen molar-refractivity contribution in [3.05, 3.63) is 0 Å². The van der Waals surface area contributed by atoms with Gasteiger partial charge in [0.2, 0.25) is 0 Å². The van der Waals surface area contributed by atoms with Crippen LogP contribution in [-0.4, -0.2) is 36.6 Å². The average Bonchev–Trinajstić information content (AvgIpc) is 2.97. The molecule has 3 fully saturated rings. The van der Waals surface area contributed by atoms with Crippen LogP contribution < -0.4 is 5.32 Å². The van der Waals surface area contributed by atoms with Gasteiger partial charge in [-0.1, -0.05) is 26.2 Å². The molecule has 0 bridgehead atoms. The Balaban J connectivity index is 1.67. The quantitative estimate of drug-likeness (QED) is 0.840. The summed E-state index contributed by atoms with van der Waals surface area (Å²) in [4.78, 5) is 2.96. The maximum absolute atomic E-state index is 3.63. The molecule has 2 saturated heterocycles. The van der Waals surface area contributed by atoms with Crippen LogP contribution in [0.3, 0.4) is 0 Å². The summed E-state index contributed by atoms with van der Waals surface area (Å²) < 4.78 is 0. The minimum absolute atomic E-state index is 0.907. The summed E-state index contributed by atoms with van der Waals surface area (Å²) in [7, 11) is 0. The second-order valence-corrected chi connectivity index (χ2v) is 7.07. The van der Waals surface area contributed by atoms with E-state index in [0.717, 1.165) is 23.9 Å². The summed E-state index contributed by atoms with van der Waals surface area (Å²) in [6, 6.07) is 1.83. The first-order valence-corrected chi connectivity index (χ1v) is 8.86. The molecule has 0 radical (unpaired) electrons. The van der Waals surface area contributed by atoms with Crippen LogP contribution in [0, 0.1) is 11.8 Å². The van der Waals surface area contributed by atoms with Crippen LogP contribution >= 0.6 is 0 Å². The van der Waals surface area contributed by atoms with Gasteiger partial charge in [0.15, 0.2) is 0 Å². The normalized spacial score (nSPS) is 41.5. The highest BCUT2D eigenvalue weighted by Gasteiger charge is 2.39. The van der Waals surface area contributed by atoms with E-state index in [9.17, 15) is 0 Å². The highest BCUT2D eigenvalue weighted by Crippen LogP contribution is 2.37. The molecule has 3 aliphatic rings. The van der Waals surface area contributed by atoms with Gasteiger partial charge in [0.05, 0.1) is 0 Å². The number of nitrogens with zero attached hydrogens (tertiary/aromatic N) is 1. The summed E-state index contributed by atoms with van der Waals surface area (Å²) in [5, 5.41) is 3.63. The fourth-order valence-corrected chi connectivity index (χ4v) is 5.04. The first-order chi connectivity index (χ1) is 9.40. The van der Waals surface area contributed by atoms with Crippen molar-refractivity contribution in [2.75, 3.05) is 19.6 Å². The molecule has 0 aromatic heterocycles. The lowest BCUT2D eigenvalue weighted by Gasteiger charge is -2.44. The number of piperidine rings is 1. The fraction of sp³-hybridized carbons (Fsp3) is 1.00. The molecule has 19 heavy (non-hydrogen) atoms. The number of likely N-dealkylation sites (tertiary alicyclic amines) is 1. The lowest BCUT2D eigenvalue weighted by molar-refractivity contribution is 0.0587. The molecule has 0 aromatic carbocycles. The average molecular weight is 264 g/mol. The third-order valence-corrected chi connectivity index (χ3v) is 6.04. The first-order valence-electron chi connectivity index (χ1n) is 8.86. The number of nitrogens with one attached hydrogen (secondary N) is 1. The van der Waals surface area contributed by atoms with Crippen molar-refractivity contribution in [1.82, 2.24) is 10.2 Å². The van der Waals surface area contributed by atoms with Gasteiger partial charge in [-0.15, -0.1) is 0 Å². The molecular weight excluding hydrogens is 232 g/mol. The van der Waals surface area contributed by atoms with Crippen molar-refractivity contribution in [3.63, 3.8) is 0 Å². The lowest BCUT2D eigenvalue weighted by Crippen LogP contribution is -2.50. The minimum atomic E-state index is 0.907. The molecule has 0 spiro atoms. The Labute approximate surface area is 119 Å². The van der Waals surface area contributed by atoms with E-state index in [1.165, 1.54) is 77.4 Å². The molecule has 2 aliphatic heterocycles. The zero-order valence-corrected chi connectivity index (χ0v) is 12.7. The molecule has 3 rings (SSSR count). The molecule has 0 amide bonds. The van der Waals surface area contributed by atoms with Crippen LogP contribution in [0.2, 0.25) is 0 Å². The van der Waals surface area contributed by atoms with Crippen LogP contribution in [0.1, 0.15) is 64.7 Å². The van der Waals surface area contributed by atoms with Crippen LogP contribution in [0.15, 0.2) is 0 Å². The van der Waals surface area contributed by atoms with E-state index in [1.807, 2.05) is 0 Å². The van der Waals surface area contributed by atoms with Crippen molar-refractivity contribution in [2.24, 2.45) is 11.8 Å². The predicted octanol–water partition coefficient (Wildman–Crippen LogP) is 3.42. The van der Waals surface area contributed by atoms with Gasteiger partial charge in [0.25, 0.3) is 0 Å². The molecule has 4 unspecified atom stereocenters. The maximum atomic E-state index is 3.63. The van der Waals surface area contributed by atoms with Gasteiger partial charge in [0, 0.05) is 12.1 Å². The summed E-state index contributed by atoms with van der Waals surface area (Å²) >= 11 is 0. The summed E-state index contributed by atoms with van der Waals surface area (Å²) in [5.74, 6) is 1.93. The molecule has 1 aliphatic carbocycles. The van der Waals surface area contributed by atoms with Gasteiger partial charge < -0.3 is 5.32 Å². The molecule has 1 N–H and O–H groups in total. The van der Waals surface area contributed by atoms with Gasteiger partial charge in [-0.05, 0) is 70.0 Å². The SMILES string of the molecule is CCC1CCCCC1N1CCCC1C1CCCNC1. The second-order valence-electron chi connectivity index (χ2n) is 7.07. The third kappa shape index (κ3) is 3.00. The molecule has 1 saturated carbocycles. The van der Waals surface area contributed by atoms with Crippen molar-refractivity contribution in [2.45, 2.75) is 76.8 Å². The second kappa shape index (κ2) is 6.58. The van der Waals surface area contributed by atoms with E-state index in [4.69, 9.17) is 0 Å². The van der Waals surface area contributed by atoms with Gasteiger partial charge in [-0.2, -0.15) is 0 Å². The fourth-order valence-electron chi connectivity index (χ4n) is 5.04. The van der Waals surface area contributed by atoms with E-state index < -0.39 is 0 Å². The van der Waals surface area contributed by atoms with Crippen LogP contribution in [0.25, 0.3) is 0 Å².